The molecule has 0 unspecified atom stereocenters. The zero-order valence-corrected chi connectivity index (χ0v) is 13.4. The second-order valence-corrected chi connectivity index (χ2v) is 7.56. The predicted octanol–water partition coefficient (Wildman–Crippen LogP) is 2.09. The second-order valence-electron chi connectivity index (χ2n) is 6.69. The molecule has 2 atom stereocenters. The summed E-state index contributed by atoms with van der Waals surface area (Å²) in [4.78, 5) is 20.0. The van der Waals surface area contributed by atoms with Crippen LogP contribution in [0.15, 0.2) is 17.8 Å². The summed E-state index contributed by atoms with van der Waals surface area (Å²) in [5.74, 6) is 0.143. The molecule has 2 aromatic heterocycles. The molecule has 1 amide bonds. The Hall–Kier alpha value is -1.40. The normalized spacial score (nSPS) is 28.8. The van der Waals surface area contributed by atoms with Crippen molar-refractivity contribution >= 4 is 22.2 Å². The first-order valence-electron chi connectivity index (χ1n) is 8.03. The fourth-order valence-electron chi connectivity index (χ4n) is 4.10. The number of hydrogen-bond donors (Lipinski definition) is 1. The Bertz CT molecular complexity index is 666. The molecule has 5 nitrogen and oxygen atoms in total. The fraction of sp³-hybridized carbons (Fsp3) is 0.625. The van der Waals surface area contributed by atoms with E-state index >= 15 is 0 Å². The average molecular weight is 319 g/mol. The highest BCUT2D eigenvalue weighted by Gasteiger charge is 2.45. The largest absolute Gasteiger partial charge is 0.392 e. The van der Waals surface area contributed by atoms with Gasteiger partial charge < -0.3 is 10.0 Å². The van der Waals surface area contributed by atoms with Crippen LogP contribution in [0, 0.1) is 5.41 Å². The topological polar surface area (TPSA) is 57.8 Å². The number of aromatic nitrogens is 2. The van der Waals surface area contributed by atoms with Gasteiger partial charge in [0.25, 0.3) is 0 Å². The van der Waals surface area contributed by atoms with Crippen LogP contribution < -0.4 is 0 Å². The predicted molar refractivity (Wildman–Crippen MR) is 84.9 cm³/mol. The second kappa shape index (κ2) is 5.35. The van der Waals surface area contributed by atoms with Gasteiger partial charge in [0.15, 0.2) is 4.96 Å². The lowest BCUT2D eigenvalue weighted by molar-refractivity contribution is -0.135. The zero-order chi connectivity index (χ0) is 15.2. The van der Waals surface area contributed by atoms with Gasteiger partial charge in [0.05, 0.1) is 18.2 Å². The van der Waals surface area contributed by atoms with Crippen LogP contribution in [0.3, 0.4) is 0 Å². The van der Waals surface area contributed by atoms with Crippen LogP contribution in [-0.2, 0) is 11.2 Å². The third-order valence-electron chi connectivity index (χ3n) is 5.30. The Morgan fingerprint density at radius 3 is 3.09 bits per heavy atom. The van der Waals surface area contributed by atoms with Crippen molar-refractivity contribution in [1.82, 2.24) is 14.3 Å². The van der Waals surface area contributed by atoms with Gasteiger partial charge in [0.1, 0.15) is 0 Å². The van der Waals surface area contributed by atoms with Crippen molar-refractivity contribution in [3.63, 3.8) is 0 Å². The minimum absolute atomic E-state index is 0.0392. The number of hydrogen-bond acceptors (Lipinski definition) is 4. The van der Waals surface area contributed by atoms with Crippen LogP contribution in [0.2, 0.25) is 0 Å². The number of likely N-dealkylation sites (tertiary alicyclic amines) is 1. The Morgan fingerprint density at radius 2 is 2.32 bits per heavy atom. The van der Waals surface area contributed by atoms with Crippen molar-refractivity contribution in [1.29, 1.82) is 0 Å². The summed E-state index contributed by atoms with van der Waals surface area (Å²) in [6.45, 7) is 1.53. The van der Waals surface area contributed by atoms with Crippen LogP contribution in [0.25, 0.3) is 4.96 Å². The molecule has 1 aliphatic heterocycles. The van der Waals surface area contributed by atoms with Gasteiger partial charge in [-0.15, -0.1) is 11.3 Å². The van der Waals surface area contributed by atoms with Gasteiger partial charge in [-0.2, -0.15) is 0 Å². The highest BCUT2D eigenvalue weighted by molar-refractivity contribution is 7.15. The zero-order valence-electron chi connectivity index (χ0n) is 12.6. The summed E-state index contributed by atoms with van der Waals surface area (Å²) in [6, 6.07) is 0. The first kappa shape index (κ1) is 14.2. The monoisotopic (exact) mass is 319 g/mol. The minimum atomic E-state index is -0.235. The molecule has 0 radical (unpaired) electrons. The summed E-state index contributed by atoms with van der Waals surface area (Å²) < 4.78 is 1.96. The number of fused-ring (bicyclic) bond motifs is 1. The van der Waals surface area contributed by atoms with E-state index in [-0.39, 0.29) is 17.4 Å². The number of carbonyl (C=O) groups is 1. The van der Waals surface area contributed by atoms with Gasteiger partial charge in [-0.25, -0.2) is 4.98 Å². The maximum absolute atomic E-state index is 12.6. The molecule has 6 heteroatoms. The van der Waals surface area contributed by atoms with Crippen molar-refractivity contribution in [2.45, 2.75) is 44.6 Å². The lowest BCUT2D eigenvalue weighted by atomic mass is 9.76. The van der Waals surface area contributed by atoms with Crippen molar-refractivity contribution in [2.24, 2.45) is 5.41 Å². The molecule has 4 rings (SSSR count). The number of carbonyl (C=O) groups excluding carboxylic acids is 1. The lowest BCUT2D eigenvalue weighted by Gasteiger charge is -2.42. The molecular formula is C16H21N3O2S. The smallest absolute Gasteiger partial charge is 0.228 e. The quantitative estimate of drug-likeness (QED) is 0.922. The van der Waals surface area contributed by atoms with Crippen LogP contribution in [0.4, 0.5) is 0 Å². The number of thiazole rings is 1. The number of nitrogens with zero attached hydrogens (tertiary/aromatic N) is 3. The molecule has 2 fully saturated rings. The van der Waals surface area contributed by atoms with Crippen molar-refractivity contribution in [2.75, 3.05) is 13.1 Å². The van der Waals surface area contributed by atoms with Gasteiger partial charge in [-0.05, 0) is 25.7 Å². The first-order valence-corrected chi connectivity index (χ1v) is 8.91. The fourth-order valence-corrected chi connectivity index (χ4v) is 4.82. The molecule has 1 saturated heterocycles. The van der Waals surface area contributed by atoms with E-state index in [4.69, 9.17) is 0 Å². The van der Waals surface area contributed by atoms with Crippen LogP contribution in [-0.4, -0.2) is 44.5 Å². The van der Waals surface area contributed by atoms with E-state index in [0.29, 0.717) is 6.42 Å². The Kier molecular flexibility index (Phi) is 3.46. The van der Waals surface area contributed by atoms with E-state index in [0.717, 1.165) is 55.8 Å². The van der Waals surface area contributed by atoms with E-state index in [1.807, 2.05) is 27.1 Å². The van der Waals surface area contributed by atoms with Gasteiger partial charge in [-0.3, -0.25) is 9.20 Å². The minimum Gasteiger partial charge on any atom is -0.392 e. The van der Waals surface area contributed by atoms with Gasteiger partial charge >= 0.3 is 0 Å². The Balaban J connectivity index is 1.46. The number of imidazole rings is 1. The van der Waals surface area contributed by atoms with E-state index in [1.165, 1.54) is 0 Å². The highest BCUT2D eigenvalue weighted by atomic mass is 32.1. The molecule has 1 N–H and O–H groups in total. The lowest BCUT2D eigenvalue weighted by Crippen LogP contribution is -2.49. The van der Waals surface area contributed by atoms with Crippen LogP contribution in [0.5, 0.6) is 0 Å². The molecule has 1 spiro atoms. The summed E-state index contributed by atoms with van der Waals surface area (Å²) >= 11 is 1.58. The number of aliphatic hydroxyl groups excluding tert-OH is 1. The molecule has 118 valence electrons. The van der Waals surface area contributed by atoms with Crippen LogP contribution in [0.1, 0.15) is 37.8 Å². The third-order valence-corrected chi connectivity index (χ3v) is 6.07. The van der Waals surface area contributed by atoms with Gasteiger partial charge in [-0.1, -0.05) is 6.42 Å². The third kappa shape index (κ3) is 2.34. The van der Waals surface area contributed by atoms with Crippen LogP contribution >= 0.6 is 11.3 Å². The number of piperidine rings is 1. The Labute approximate surface area is 133 Å². The molecule has 3 heterocycles. The summed E-state index contributed by atoms with van der Waals surface area (Å²) in [5, 5.41) is 12.3. The molecule has 0 aromatic carbocycles. The molecule has 0 bridgehead atoms. The SMILES string of the molecule is O=C(Cc1cn2ccsc2n1)N1CCC[C@]2(CCC[C@H]2O)C1. The van der Waals surface area contributed by atoms with Crippen molar-refractivity contribution in [3.05, 3.63) is 23.5 Å². The van der Waals surface area contributed by atoms with E-state index in [2.05, 4.69) is 4.98 Å². The molecule has 2 aromatic rings. The Morgan fingerprint density at radius 1 is 1.45 bits per heavy atom. The van der Waals surface area contributed by atoms with Crippen molar-refractivity contribution < 1.29 is 9.90 Å². The number of rotatable bonds is 2. The van der Waals surface area contributed by atoms with Crippen molar-refractivity contribution in [3.8, 4) is 0 Å². The number of amides is 1. The molecule has 1 aliphatic carbocycles. The number of aliphatic hydroxyl groups is 1. The summed E-state index contributed by atoms with van der Waals surface area (Å²) in [5.41, 5.74) is 0.797. The van der Waals surface area contributed by atoms with Gasteiger partial charge in [0.2, 0.25) is 5.91 Å². The molecular weight excluding hydrogens is 298 g/mol. The van der Waals surface area contributed by atoms with E-state index in [1.54, 1.807) is 11.3 Å². The first-order chi connectivity index (χ1) is 10.7. The standard InChI is InChI=1S/C16H21N3O2S/c20-13-3-1-4-16(13)5-2-6-19(11-16)14(21)9-12-10-18-7-8-22-15(18)17-12/h7-8,10,13,20H,1-6,9,11H2/t13-,16-/m1/s1. The molecule has 2 aliphatic rings. The average Bonchev–Trinajstić information content (AvgIpc) is 3.16. The summed E-state index contributed by atoms with van der Waals surface area (Å²) in [6.07, 6.45) is 9.11. The van der Waals surface area contributed by atoms with E-state index in [9.17, 15) is 9.90 Å². The van der Waals surface area contributed by atoms with E-state index < -0.39 is 0 Å². The maximum atomic E-state index is 12.6. The molecule has 22 heavy (non-hydrogen) atoms. The van der Waals surface area contributed by atoms with Gasteiger partial charge in [0, 0.05) is 36.3 Å². The molecule has 1 saturated carbocycles. The maximum Gasteiger partial charge on any atom is 0.228 e. The highest BCUT2D eigenvalue weighted by Crippen LogP contribution is 2.45. The summed E-state index contributed by atoms with van der Waals surface area (Å²) in [7, 11) is 0.